The van der Waals surface area contributed by atoms with Crippen LogP contribution in [0.1, 0.15) is 0 Å². The lowest BCUT2D eigenvalue weighted by molar-refractivity contribution is 0.509. The molecule has 0 heterocycles. The highest BCUT2D eigenvalue weighted by Gasteiger charge is 2.72. The van der Waals surface area contributed by atoms with Crippen molar-refractivity contribution in [2.24, 2.45) is 0 Å². The van der Waals surface area contributed by atoms with E-state index in [1.165, 1.54) is 0 Å². The summed E-state index contributed by atoms with van der Waals surface area (Å²) < 4.78 is 19.6. The normalized spacial score (nSPS) is 15.2. The summed E-state index contributed by atoms with van der Waals surface area (Å²) in [5.74, 6) is 0. The molecule has 0 saturated carbocycles. The summed E-state index contributed by atoms with van der Waals surface area (Å²) in [6, 6.07) is 0. The van der Waals surface area contributed by atoms with E-state index in [-0.39, 0.29) is 0 Å². The smallest absolute Gasteiger partial charge is 0.254 e. The average Bonchev–Trinajstić information content (AvgIpc) is 2.23. The van der Waals surface area contributed by atoms with Crippen molar-refractivity contribution in [3.63, 3.8) is 0 Å². The van der Waals surface area contributed by atoms with Gasteiger partial charge >= 0.3 is 0 Å². The van der Waals surface area contributed by atoms with Crippen LogP contribution in [0.15, 0.2) is 0 Å². The Labute approximate surface area is 258 Å². The molecule has 0 aliphatic rings. The Kier molecular flexibility index (Phi) is 15.9. The molecule has 24 heavy (non-hydrogen) atoms. The standard InChI is InChI=1S/C6Br14.H2O3S/c7-1(8,3(11,12)5(15,16)17)2(9,10)4(13,14)6(18,19)20;1-4(2)3/h;4H,(H,1,2,3). The first-order valence-electron chi connectivity index (χ1n) is 4.46. The van der Waals surface area contributed by atoms with E-state index in [1.54, 1.807) is 0 Å². The molecule has 0 fully saturated rings. The van der Waals surface area contributed by atoms with E-state index in [2.05, 4.69) is 223 Å². The fraction of sp³-hybridized carbons (Fsp3) is 1.00. The van der Waals surface area contributed by atoms with Crippen molar-refractivity contribution in [2.45, 2.75) is 17.2 Å². The van der Waals surface area contributed by atoms with E-state index in [4.69, 9.17) is 13.0 Å². The summed E-state index contributed by atoms with van der Waals surface area (Å²) >= 11 is 50.5. The molecule has 0 unspecified atom stereocenters. The Morgan fingerprint density at radius 1 is 0.458 bits per heavy atom. The molecule has 0 rings (SSSR count). The van der Waals surface area contributed by atoms with Crippen molar-refractivity contribution in [1.82, 2.24) is 0 Å². The Morgan fingerprint density at radius 3 is 0.667 bits per heavy atom. The van der Waals surface area contributed by atoms with Crippen LogP contribution in [0, 0.1) is 0 Å². The molecule has 0 aromatic rings. The largest absolute Gasteiger partial charge is 0.288 e. The summed E-state index contributed by atoms with van der Waals surface area (Å²) in [6.07, 6.45) is 0. The fourth-order valence-electron chi connectivity index (χ4n) is 0.750. The SMILES string of the molecule is BrC(Br)(Br)C(Br)(Br)C(Br)(Br)C(Br)(Br)C(Br)(Br)C(Br)(Br)Br.O=[SH](=O)O. The van der Waals surface area contributed by atoms with E-state index < -0.39 is 28.2 Å². The van der Waals surface area contributed by atoms with Crippen molar-refractivity contribution in [3.05, 3.63) is 0 Å². The maximum absolute atomic E-state index is 8.59. The minimum atomic E-state index is -3.12. The molecule has 0 bridgehead atoms. The summed E-state index contributed by atoms with van der Waals surface area (Å²) in [7, 11) is -3.12. The quantitative estimate of drug-likeness (QED) is 0.168. The first kappa shape index (κ1) is 32.8. The molecule has 148 valence electrons. The van der Waals surface area contributed by atoms with Crippen LogP contribution in [0.2, 0.25) is 0 Å². The van der Waals surface area contributed by atoms with Crippen LogP contribution in [0.5, 0.6) is 0 Å². The van der Waals surface area contributed by atoms with Gasteiger partial charge in [-0.15, -0.1) is 0 Å². The molecule has 0 saturated heterocycles. The minimum Gasteiger partial charge on any atom is -0.288 e. The number of hydrogen-bond acceptors (Lipinski definition) is 2. The third kappa shape index (κ3) is 8.20. The molecule has 0 aromatic carbocycles. The molecule has 0 amide bonds. The van der Waals surface area contributed by atoms with Crippen LogP contribution in [0.4, 0.5) is 0 Å². The summed E-state index contributed by atoms with van der Waals surface area (Å²) in [4.78, 5) is 0. The first-order valence-corrected chi connectivity index (χ1v) is 16.7. The van der Waals surface area contributed by atoms with E-state index in [9.17, 15) is 0 Å². The Hall–Kier alpha value is 6.63. The van der Waals surface area contributed by atoms with Gasteiger partial charge in [-0.3, -0.25) is 4.55 Å². The molecule has 3 nitrogen and oxygen atoms in total. The minimum absolute atomic E-state index is 0.691. The number of hydrogen-bond donors (Lipinski definition) is 2. The molecular weight excluding hydrogens is 1270 g/mol. The number of alkyl halides is 14. The van der Waals surface area contributed by atoms with E-state index in [0.717, 1.165) is 0 Å². The predicted octanol–water partition coefficient (Wildman–Crippen LogP) is 9.68. The molecule has 0 aliphatic heterocycles. The summed E-state index contributed by atoms with van der Waals surface area (Å²) in [6.45, 7) is 0. The zero-order chi connectivity index (χ0) is 20.6. The average molecular weight is 1270 g/mol. The van der Waals surface area contributed by atoms with Crippen LogP contribution in [0.25, 0.3) is 0 Å². The van der Waals surface area contributed by atoms with Crippen molar-refractivity contribution >= 4 is 234 Å². The Bertz CT molecular complexity index is 456. The van der Waals surface area contributed by atoms with Gasteiger partial charge in [-0.1, -0.05) is 223 Å². The molecule has 1 N–H and O–H groups in total. The second-order valence-electron chi connectivity index (χ2n) is 3.53. The fourth-order valence-corrected chi connectivity index (χ4v) is 11.4. The van der Waals surface area contributed by atoms with Gasteiger partial charge < -0.3 is 0 Å². The van der Waals surface area contributed by atoms with Crippen molar-refractivity contribution in [1.29, 1.82) is 0 Å². The Balaban J connectivity index is 0. The van der Waals surface area contributed by atoms with Crippen molar-refractivity contribution in [3.8, 4) is 0 Å². The summed E-state index contributed by atoms with van der Waals surface area (Å²) in [5.41, 5.74) is 0. The maximum Gasteiger partial charge on any atom is 0.254 e. The Morgan fingerprint density at radius 2 is 0.583 bits per heavy atom. The molecule has 0 atom stereocenters. The summed E-state index contributed by atoms with van der Waals surface area (Å²) in [5, 5.41) is 0. The second kappa shape index (κ2) is 11.7. The van der Waals surface area contributed by atoms with Crippen LogP contribution in [-0.2, 0) is 11.0 Å². The van der Waals surface area contributed by atoms with Gasteiger partial charge in [0, 0.05) is 0 Å². The van der Waals surface area contributed by atoms with Gasteiger partial charge in [0.05, 0.1) is 0 Å². The monoisotopic (exact) mass is 1260 g/mol. The van der Waals surface area contributed by atoms with Gasteiger partial charge in [-0.2, -0.15) is 0 Å². The van der Waals surface area contributed by atoms with Gasteiger partial charge in [0.1, 0.15) is 12.9 Å². The second-order valence-corrected chi connectivity index (χ2v) is 31.3. The maximum atomic E-state index is 8.59. The predicted molar refractivity (Wildman–Crippen MR) is 154 cm³/mol. The van der Waals surface area contributed by atoms with Crippen LogP contribution in [-0.4, -0.2) is 30.2 Å². The van der Waals surface area contributed by atoms with Gasteiger partial charge in [0.2, 0.25) is 0 Å². The molecule has 0 aromatic heterocycles. The van der Waals surface area contributed by atoms with Crippen LogP contribution < -0.4 is 0 Å². The lowest BCUT2D eigenvalue weighted by Gasteiger charge is -2.53. The van der Waals surface area contributed by atoms with Gasteiger partial charge in [-0.05, 0) is 0 Å². The lowest BCUT2D eigenvalue weighted by Crippen LogP contribution is -2.62. The van der Waals surface area contributed by atoms with Gasteiger partial charge in [0.25, 0.3) is 11.0 Å². The van der Waals surface area contributed by atoms with E-state index in [1.807, 2.05) is 0 Å². The van der Waals surface area contributed by atoms with Crippen molar-refractivity contribution < 1.29 is 13.0 Å². The highest BCUT2D eigenvalue weighted by molar-refractivity contribution is 9.43. The van der Waals surface area contributed by atoms with Crippen LogP contribution in [0.3, 0.4) is 0 Å². The third-order valence-electron chi connectivity index (χ3n) is 1.90. The third-order valence-corrected chi connectivity index (χ3v) is 27.7. The molecule has 0 spiro atoms. The molecular formula is C6H2Br14O3S. The number of rotatable bonds is 3. The lowest BCUT2D eigenvalue weighted by atomic mass is 10.2. The van der Waals surface area contributed by atoms with Gasteiger partial charge in [-0.25, -0.2) is 8.42 Å². The van der Waals surface area contributed by atoms with Crippen molar-refractivity contribution in [2.75, 3.05) is 0 Å². The highest BCUT2D eigenvalue weighted by atomic mass is 80.0. The molecule has 0 aliphatic carbocycles. The topological polar surface area (TPSA) is 54.4 Å². The van der Waals surface area contributed by atoms with E-state index in [0.29, 0.717) is 0 Å². The number of thiol groups is 1. The number of halogens is 14. The molecule has 18 heteroatoms. The first-order chi connectivity index (χ1) is 9.98. The van der Waals surface area contributed by atoms with Gasteiger partial charge in [0.15, 0.2) is 4.29 Å². The highest BCUT2D eigenvalue weighted by Crippen LogP contribution is 2.75. The van der Waals surface area contributed by atoms with Crippen LogP contribution >= 0.6 is 223 Å². The van der Waals surface area contributed by atoms with E-state index >= 15 is 0 Å². The molecule has 0 radical (unpaired) electrons. The zero-order valence-corrected chi connectivity index (χ0v) is 33.1. The zero-order valence-electron chi connectivity index (χ0n) is 10.0.